The smallest absolute Gasteiger partial charge is 0.129 e. The predicted molar refractivity (Wildman–Crippen MR) is 102 cm³/mol. The summed E-state index contributed by atoms with van der Waals surface area (Å²) in [6.45, 7) is 7.70. The van der Waals surface area contributed by atoms with Crippen molar-refractivity contribution in [1.82, 2.24) is 9.88 Å². The van der Waals surface area contributed by atoms with Gasteiger partial charge in [-0.2, -0.15) is 0 Å². The number of fused-ring (bicyclic) bond motifs is 1. The van der Waals surface area contributed by atoms with Gasteiger partial charge in [-0.25, -0.2) is 4.98 Å². The molecule has 1 aromatic heterocycles. The zero-order valence-corrected chi connectivity index (χ0v) is 14.2. The van der Waals surface area contributed by atoms with E-state index in [1.54, 1.807) is 0 Å². The lowest BCUT2D eigenvalue weighted by atomic mass is 10.0. The van der Waals surface area contributed by atoms with E-state index in [1.165, 1.54) is 16.5 Å². The van der Waals surface area contributed by atoms with Crippen LogP contribution >= 0.6 is 0 Å². The number of pyridine rings is 1. The van der Waals surface area contributed by atoms with Crippen LogP contribution in [-0.2, 0) is 0 Å². The van der Waals surface area contributed by atoms with Gasteiger partial charge < -0.3 is 9.80 Å². The molecule has 0 amide bonds. The van der Waals surface area contributed by atoms with E-state index in [-0.39, 0.29) is 0 Å². The number of piperazine rings is 1. The van der Waals surface area contributed by atoms with Crippen molar-refractivity contribution in [2.75, 3.05) is 37.6 Å². The van der Waals surface area contributed by atoms with Crippen molar-refractivity contribution in [2.24, 2.45) is 0 Å². The number of likely N-dealkylation sites (N-methyl/N-ethyl adjacent to an activating group) is 1. The van der Waals surface area contributed by atoms with Gasteiger partial charge in [-0.3, -0.25) is 0 Å². The van der Waals surface area contributed by atoms with Crippen LogP contribution in [0.3, 0.4) is 0 Å². The van der Waals surface area contributed by atoms with Crippen molar-refractivity contribution in [3.8, 4) is 11.1 Å². The molecule has 2 aromatic carbocycles. The highest BCUT2D eigenvalue weighted by Crippen LogP contribution is 2.31. The number of anilines is 1. The Hall–Kier alpha value is -2.39. The second-order valence-corrected chi connectivity index (χ2v) is 6.33. The molecule has 3 nitrogen and oxygen atoms in total. The second-order valence-electron chi connectivity index (χ2n) is 6.33. The first-order chi connectivity index (χ1) is 11.8. The molecule has 0 unspecified atom stereocenters. The molecular formula is C21H23N3. The maximum absolute atomic E-state index is 4.94. The molecule has 0 aliphatic carbocycles. The van der Waals surface area contributed by atoms with Crippen LogP contribution in [-0.4, -0.2) is 42.6 Å². The summed E-state index contributed by atoms with van der Waals surface area (Å²) in [5.41, 5.74) is 3.60. The average Bonchev–Trinajstić information content (AvgIpc) is 2.68. The van der Waals surface area contributed by atoms with E-state index in [2.05, 4.69) is 77.4 Å². The molecule has 3 aromatic rings. The van der Waals surface area contributed by atoms with Crippen LogP contribution in [0.5, 0.6) is 0 Å². The van der Waals surface area contributed by atoms with E-state index in [4.69, 9.17) is 4.98 Å². The number of hydrogen-bond donors (Lipinski definition) is 0. The van der Waals surface area contributed by atoms with Gasteiger partial charge in [0.1, 0.15) is 5.82 Å². The Morgan fingerprint density at radius 2 is 1.58 bits per heavy atom. The van der Waals surface area contributed by atoms with Gasteiger partial charge in [0.25, 0.3) is 0 Å². The fraction of sp³-hybridized carbons (Fsp3) is 0.286. The summed E-state index contributed by atoms with van der Waals surface area (Å²) in [6.07, 6.45) is 0. The lowest BCUT2D eigenvalue weighted by Gasteiger charge is -2.35. The third-order valence-corrected chi connectivity index (χ3v) is 4.93. The zero-order chi connectivity index (χ0) is 16.4. The summed E-state index contributed by atoms with van der Waals surface area (Å²) in [7, 11) is 0. The van der Waals surface area contributed by atoms with Gasteiger partial charge in [0.2, 0.25) is 0 Å². The van der Waals surface area contributed by atoms with Crippen molar-refractivity contribution >= 4 is 16.7 Å². The molecule has 4 rings (SSSR count). The quantitative estimate of drug-likeness (QED) is 0.726. The van der Waals surface area contributed by atoms with Crippen LogP contribution in [0.2, 0.25) is 0 Å². The Morgan fingerprint density at radius 1 is 0.875 bits per heavy atom. The number of nitrogens with zero attached hydrogens (tertiary/aromatic N) is 3. The summed E-state index contributed by atoms with van der Waals surface area (Å²) >= 11 is 0. The van der Waals surface area contributed by atoms with E-state index < -0.39 is 0 Å². The van der Waals surface area contributed by atoms with Crippen LogP contribution in [0, 0.1) is 0 Å². The Balaban J connectivity index is 1.78. The van der Waals surface area contributed by atoms with Crippen LogP contribution in [0.4, 0.5) is 5.82 Å². The van der Waals surface area contributed by atoms with Crippen molar-refractivity contribution in [3.63, 3.8) is 0 Å². The lowest BCUT2D eigenvalue weighted by molar-refractivity contribution is 0.270. The zero-order valence-electron chi connectivity index (χ0n) is 14.2. The molecule has 0 atom stereocenters. The fourth-order valence-corrected chi connectivity index (χ4v) is 3.47. The molecule has 0 bridgehead atoms. The molecule has 1 aliphatic rings. The van der Waals surface area contributed by atoms with Gasteiger partial charge in [0, 0.05) is 31.6 Å². The Morgan fingerprint density at radius 3 is 2.33 bits per heavy atom. The molecule has 0 radical (unpaired) electrons. The van der Waals surface area contributed by atoms with E-state index in [9.17, 15) is 0 Å². The van der Waals surface area contributed by atoms with Gasteiger partial charge in [0.05, 0.1) is 5.52 Å². The molecule has 0 saturated carbocycles. The second kappa shape index (κ2) is 6.62. The molecule has 122 valence electrons. The summed E-state index contributed by atoms with van der Waals surface area (Å²) in [5, 5.41) is 1.22. The van der Waals surface area contributed by atoms with Gasteiger partial charge in [-0.05, 0) is 29.8 Å². The minimum Gasteiger partial charge on any atom is -0.354 e. The minimum absolute atomic E-state index is 1.05. The van der Waals surface area contributed by atoms with Crippen molar-refractivity contribution in [1.29, 1.82) is 0 Å². The van der Waals surface area contributed by atoms with Gasteiger partial charge in [-0.1, -0.05) is 55.5 Å². The van der Waals surface area contributed by atoms with E-state index >= 15 is 0 Å². The molecule has 24 heavy (non-hydrogen) atoms. The number of hydrogen-bond acceptors (Lipinski definition) is 3. The normalized spacial score (nSPS) is 15.8. The molecule has 1 fully saturated rings. The topological polar surface area (TPSA) is 19.4 Å². The van der Waals surface area contributed by atoms with Crippen LogP contribution in [0.25, 0.3) is 22.0 Å². The summed E-state index contributed by atoms with van der Waals surface area (Å²) in [5.74, 6) is 1.10. The first-order valence-electron chi connectivity index (χ1n) is 8.77. The monoisotopic (exact) mass is 317 g/mol. The average molecular weight is 317 g/mol. The lowest BCUT2D eigenvalue weighted by Crippen LogP contribution is -2.46. The third kappa shape index (κ3) is 2.87. The molecule has 2 heterocycles. The van der Waals surface area contributed by atoms with Crippen molar-refractivity contribution in [2.45, 2.75) is 6.92 Å². The van der Waals surface area contributed by atoms with Crippen LogP contribution < -0.4 is 4.90 Å². The SMILES string of the molecule is CCN1CCN(c2cc(-c3ccccc3)c3ccccc3n2)CC1. The Labute approximate surface area is 143 Å². The Bertz CT molecular complexity index is 821. The van der Waals surface area contributed by atoms with Gasteiger partial charge in [0.15, 0.2) is 0 Å². The predicted octanol–water partition coefficient (Wildman–Crippen LogP) is 4.04. The third-order valence-electron chi connectivity index (χ3n) is 4.93. The number of aromatic nitrogens is 1. The van der Waals surface area contributed by atoms with Crippen LogP contribution in [0.15, 0.2) is 60.7 Å². The molecule has 1 saturated heterocycles. The summed E-state index contributed by atoms with van der Waals surface area (Å²) in [4.78, 5) is 9.86. The molecule has 3 heteroatoms. The van der Waals surface area contributed by atoms with E-state index in [0.29, 0.717) is 0 Å². The maximum Gasteiger partial charge on any atom is 0.129 e. The highest BCUT2D eigenvalue weighted by Gasteiger charge is 2.18. The maximum atomic E-state index is 4.94. The van der Waals surface area contributed by atoms with Crippen LogP contribution in [0.1, 0.15) is 6.92 Å². The van der Waals surface area contributed by atoms with Crippen molar-refractivity contribution < 1.29 is 0 Å². The first kappa shape index (κ1) is 15.2. The standard InChI is InChI=1S/C21H23N3/c1-2-23-12-14-24(15-13-23)21-16-19(17-8-4-3-5-9-17)18-10-6-7-11-20(18)22-21/h3-11,16H,2,12-15H2,1H3. The highest BCUT2D eigenvalue weighted by atomic mass is 15.3. The van der Waals surface area contributed by atoms with Gasteiger partial charge in [-0.15, -0.1) is 0 Å². The molecule has 0 spiro atoms. The number of para-hydroxylation sites is 1. The molecule has 0 N–H and O–H groups in total. The minimum atomic E-state index is 1.05. The first-order valence-corrected chi connectivity index (χ1v) is 8.77. The Kier molecular flexibility index (Phi) is 4.18. The molecular weight excluding hydrogens is 294 g/mol. The summed E-state index contributed by atoms with van der Waals surface area (Å²) in [6, 6.07) is 21.3. The van der Waals surface area contributed by atoms with Gasteiger partial charge >= 0.3 is 0 Å². The number of benzene rings is 2. The van der Waals surface area contributed by atoms with E-state index in [1.807, 2.05) is 0 Å². The van der Waals surface area contributed by atoms with Crippen molar-refractivity contribution in [3.05, 3.63) is 60.7 Å². The van der Waals surface area contributed by atoms with E-state index in [0.717, 1.165) is 44.1 Å². The largest absolute Gasteiger partial charge is 0.354 e. The summed E-state index contributed by atoms with van der Waals surface area (Å²) < 4.78 is 0. The number of rotatable bonds is 3. The fourth-order valence-electron chi connectivity index (χ4n) is 3.47. The highest BCUT2D eigenvalue weighted by molar-refractivity contribution is 5.96. The molecule has 1 aliphatic heterocycles.